The quantitative estimate of drug-likeness (QED) is 0.401. The molecule has 1 aliphatic heterocycles. The lowest BCUT2D eigenvalue weighted by Crippen LogP contribution is -3.00. The monoisotopic (exact) mass is 459 g/mol. The number of hydrogen-bond acceptors (Lipinski definition) is 5. The van der Waals surface area contributed by atoms with E-state index < -0.39 is 11.4 Å². The van der Waals surface area contributed by atoms with Gasteiger partial charge >= 0.3 is 5.97 Å². The molecule has 0 saturated carbocycles. The molecule has 0 aromatic carbocycles. The first-order valence-electron chi connectivity index (χ1n) is 8.03. The molecule has 0 amide bonds. The summed E-state index contributed by atoms with van der Waals surface area (Å²) in [5.74, 6) is -0.643. The van der Waals surface area contributed by atoms with E-state index in [2.05, 4.69) is 29.0 Å². The number of hydrogen-bond donors (Lipinski definition) is 1. The Kier molecular flexibility index (Phi) is 5.67. The third kappa shape index (κ3) is 3.76. The third-order valence-electron chi connectivity index (χ3n) is 4.61. The standard InChI is InChI=1S/C16H21N5O3.HI/c1-4-19-10-12(15(23)24)13(22)11-9-17-16(18-14(11)19)20-5-7-21(2,3)8-6-20;/h9-10H,4-8H2,1-3H3;1H. The number of aromatic carboxylic acids is 1. The molecule has 1 aliphatic rings. The van der Waals surface area contributed by atoms with Crippen LogP contribution in [0.1, 0.15) is 17.3 Å². The zero-order valence-electron chi connectivity index (χ0n) is 14.6. The fourth-order valence-corrected chi connectivity index (χ4v) is 2.92. The lowest BCUT2D eigenvalue weighted by atomic mass is 10.2. The van der Waals surface area contributed by atoms with Crippen molar-refractivity contribution in [2.24, 2.45) is 0 Å². The number of quaternary nitrogens is 1. The lowest BCUT2D eigenvalue weighted by Gasteiger charge is -2.39. The molecule has 3 rings (SSSR count). The van der Waals surface area contributed by atoms with Crippen LogP contribution in [0, 0.1) is 0 Å². The highest BCUT2D eigenvalue weighted by Crippen LogP contribution is 2.17. The van der Waals surface area contributed by atoms with Gasteiger partial charge in [-0.2, -0.15) is 4.98 Å². The Balaban J connectivity index is 0.00000225. The predicted octanol–water partition coefficient (Wildman–Crippen LogP) is -2.59. The molecule has 0 radical (unpaired) electrons. The number of piperazine rings is 1. The molecule has 1 fully saturated rings. The maximum Gasteiger partial charge on any atom is 0.341 e. The Morgan fingerprint density at radius 3 is 2.52 bits per heavy atom. The first kappa shape index (κ1) is 19.6. The van der Waals surface area contributed by atoms with E-state index in [1.807, 2.05) is 6.92 Å². The number of rotatable bonds is 3. The van der Waals surface area contributed by atoms with Gasteiger partial charge in [0.2, 0.25) is 11.4 Å². The normalized spacial score (nSPS) is 16.5. The van der Waals surface area contributed by atoms with Crippen molar-refractivity contribution in [3.8, 4) is 0 Å². The fraction of sp³-hybridized carbons (Fsp3) is 0.500. The molecule has 0 aliphatic carbocycles. The largest absolute Gasteiger partial charge is 1.00 e. The topological polar surface area (TPSA) is 88.3 Å². The minimum atomic E-state index is -1.23. The average Bonchev–Trinajstić information content (AvgIpc) is 2.54. The van der Waals surface area contributed by atoms with Crippen molar-refractivity contribution in [3.05, 3.63) is 28.2 Å². The number of pyridine rings is 1. The Hall–Kier alpha value is -1.75. The second-order valence-electron chi connectivity index (χ2n) is 6.74. The maximum atomic E-state index is 12.3. The van der Waals surface area contributed by atoms with Crippen LogP contribution in [0.25, 0.3) is 11.0 Å². The summed E-state index contributed by atoms with van der Waals surface area (Å²) in [4.78, 5) is 34.5. The molecule has 1 saturated heterocycles. The second-order valence-corrected chi connectivity index (χ2v) is 6.74. The van der Waals surface area contributed by atoms with Crippen LogP contribution in [0.4, 0.5) is 5.95 Å². The van der Waals surface area contributed by atoms with Gasteiger partial charge in [0.05, 0.1) is 45.7 Å². The number of fused-ring (bicyclic) bond motifs is 1. The summed E-state index contributed by atoms with van der Waals surface area (Å²) in [7, 11) is 4.39. The third-order valence-corrected chi connectivity index (χ3v) is 4.61. The summed E-state index contributed by atoms with van der Waals surface area (Å²) >= 11 is 0. The number of aryl methyl sites for hydroxylation is 1. The van der Waals surface area contributed by atoms with E-state index in [1.165, 1.54) is 12.4 Å². The van der Waals surface area contributed by atoms with Gasteiger partial charge in [-0.15, -0.1) is 0 Å². The van der Waals surface area contributed by atoms with Crippen LogP contribution in [-0.4, -0.2) is 70.4 Å². The van der Waals surface area contributed by atoms with Crippen LogP contribution >= 0.6 is 0 Å². The first-order valence-corrected chi connectivity index (χ1v) is 8.03. The minimum absolute atomic E-state index is 0. The van der Waals surface area contributed by atoms with Gasteiger partial charge in [0.1, 0.15) is 11.2 Å². The van der Waals surface area contributed by atoms with E-state index in [1.54, 1.807) is 4.57 Å². The highest BCUT2D eigenvalue weighted by atomic mass is 127. The van der Waals surface area contributed by atoms with Gasteiger partial charge in [0, 0.05) is 18.9 Å². The van der Waals surface area contributed by atoms with E-state index >= 15 is 0 Å². The summed E-state index contributed by atoms with van der Waals surface area (Å²) < 4.78 is 2.65. The highest BCUT2D eigenvalue weighted by molar-refractivity contribution is 5.91. The van der Waals surface area contributed by atoms with Crippen LogP contribution in [0.15, 0.2) is 17.2 Å². The van der Waals surface area contributed by atoms with Crippen LogP contribution in [0.5, 0.6) is 0 Å². The number of anilines is 1. The van der Waals surface area contributed by atoms with Crippen molar-refractivity contribution in [1.82, 2.24) is 14.5 Å². The predicted molar refractivity (Wildman–Crippen MR) is 90.5 cm³/mol. The molecule has 0 unspecified atom stereocenters. The zero-order valence-corrected chi connectivity index (χ0v) is 16.7. The molecule has 0 atom stereocenters. The second kappa shape index (κ2) is 7.24. The number of carboxylic acid groups (broad SMARTS) is 1. The molecule has 0 bridgehead atoms. The molecule has 0 spiro atoms. The molecule has 3 heterocycles. The first-order chi connectivity index (χ1) is 11.3. The average molecular weight is 459 g/mol. The van der Waals surface area contributed by atoms with Gasteiger partial charge in [-0.3, -0.25) is 4.79 Å². The molecule has 9 heteroatoms. The number of halogens is 1. The van der Waals surface area contributed by atoms with E-state index in [0.717, 1.165) is 30.7 Å². The summed E-state index contributed by atoms with van der Waals surface area (Å²) in [6.45, 7) is 6.11. The Morgan fingerprint density at radius 1 is 1.32 bits per heavy atom. The zero-order chi connectivity index (χ0) is 17.5. The van der Waals surface area contributed by atoms with Gasteiger partial charge in [-0.25, -0.2) is 9.78 Å². The number of aromatic nitrogens is 3. The smallest absolute Gasteiger partial charge is 0.341 e. The van der Waals surface area contributed by atoms with Gasteiger partial charge in [-0.05, 0) is 6.92 Å². The lowest BCUT2D eigenvalue weighted by molar-refractivity contribution is -0.890. The van der Waals surface area contributed by atoms with Gasteiger partial charge in [0.25, 0.3) is 0 Å². The molecule has 1 N–H and O–H groups in total. The summed E-state index contributed by atoms with van der Waals surface area (Å²) in [6.07, 6.45) is 2.81. The highest BCUT2D eigenvalue weighted by Gasteiger charge is 2.26. The molecule has 2 aromatic rings. The van der Waals surface area contributed by atoms with Crippen molar-refractivity contribution < 1.29 is 38.4 Å². The Labute approximate surface area is 162 Å². The van der Waals surface area contributed by atoms with Gasteiger partial charge < -0.3 is 43.0 Å². The van der Waals surface area contributed by atoms with Crippen LogP contribution in [-0.2, 0) is 6.54 Å². The molecular weight excluding hydrogens is 437 g/mol. The maximum absolute atomic E-state index is 12.3. The number of nitrogens with zero attached hydrogens (tertiary/aromatic N) is 5. The number of carboxylic acids is 1. The molecule has 136 valence electrons. The minimum Gasteiger partial charge on any atom is -1.00 e. The van der Waals surface area contributed by atoms with Crippen LogP contribution < -0.4 is 34.3 Å². The number of carbonyl (C=O) groups is 1. The van der Waals surface area contributed by atoms with E-state index in [9.17, 15) is 14.7 Å². The van der Waals surface area contributed by atoms with Crippen molar-refractivity contribution in [3.63, 3.8) is 0 Å². The SMILES string of the molecule is CCn1cc(C(=O)O)c(=O)c2cnc(N3CC[N+](C)(C)CC3)nc21.[I-]. The Bertz CT molecular complexity index is 855. The summed E-state index contributed by atoms with van der Waals surface area (Å²) in [6, 6.07) is 0. The summed E-state index contributed by atoms with van der Waals surface area (Å²) in [5.41, 5.74) is -0.306. The Morgan fingerprint density at radius 2 is 1.96 bits per heavy atom. The van der Waals surface area contributed by atoms with E-state index in [0.29, 0.717) is 18.1 Å². The van der Waals surface area contributed by atoms with Crippen LogP contribution in [0.3, 0.4) is 0 Å². The molecular formula is C16H22IN5O3. The van der Waals surface area contributed by atoms with Crippen molar-refractivity contribution in [2.45, 2.75) is 13.5 Å². The van der Waals surface area contributed by atoms with Crippen molar-refractivity contribution >= 4 is 23.0 Å². The van der Waals surface area contributed by atoms with E-state index in [4.69, 9.17) is 0 Å². The fourth-order valence-electron chi connectivity index (χ4n) is 2.92. The van der Waals surface area contributed by atoms with E-state index in [-0.39, 0.29) is 34.9 Å². The van der Waals surface area contributed by atoms with Crippen LogP contribution in [0.2, 0.25) is 0 Å². The number of likely N-dealkylation sites (N-methyl/N-ethyl adjacent to an activating group) is 1. The van der Waals surface area contributed by atoms with Crippen molar-refractivity contribution in [1.29, 1.82) is 0 Å². The van der Waals surface area contributed by atoms with Gasteiger partial charge in [-0.1, -0.05) is 0 Å². The molecule has 25 heavy (non-hydrogen) atoms. The molecule has 2 aromatic heterocycles. The molecule has 8 nitrogen and oxygen atoms in total. The summed E-state index contributed by atoms with van der Waals surface area (Å²) in [5, 5.41) is 9.43. The van der Waals surface area contributed by atoms with Crippen molar-refractivity contribution in [2.75, 3.05) is 45.2 Å². The van der Waals surface area contributed by atoms with Gasteiger partial charge in [0.15, 0.2) is 0 Å².